The maximum Gasteiger partial charge on any atom is 0.322 e. The lowest BCUT2D eigenvalue weighted by molar-refractivity contribution is -0.135. The number of likely N-dealkylation sites (tertiary alicyclic amines) is 1. The number of amides is 5. The molecule has 3 fully saturated rings. The van der Waals surface area contributed by atoms with E-state index in [-0.39, 0.29) is 24.0 Å². The summed E-state index contributed by atoms with van der Waals surface area (Å²) < 4.78 is 0. The van der Waals surface area contributed by atoms with Gasteiger partial charge in [0.25, 0.3) is 0 Å². The van der Waals surface area contributed by atoms with Crippen LogP contribution in [0.3, 0.4) is 0 Å². The Morgan fingerprint density at radius 1 is 0.898 bits per heavy atom. The van der Waals surface area contributed by atoms with Gasteiger partial charge in [-0.05, 0) is 85.0 Å². The highest BCUT2D eigenvalue weighted by Crippen LogP contribution is 2.38. The average molecular weight is 668 g/mol. The number of carbonyl (C=O) groups is 3. The summed E-state index contributed by atoms with van der Waals surface area (Å²) in [5, 5.41) is 6.27. The Kier molecular flexibility index (Phi) is 9.85. The van der Waals surface area contributed by atoms with Crippen LogP contribution in [0.15, 0.2) is 54.2 Å². The van der Waals surface area contributed by atoms with Gasteiger partial charge in [-0.25, -0.2) is 9.59 Å². The molecule has 10 nitrogen and oxygen atoms in total. The van der Waals surface area contributed by atoms with Crippen molar-refractivity contribution in [1.29, 1.82) is 0 Å². The van der Waals surface area contributed by atoms with Gasteiger partial charge in [0.15, 0.2) is 0 Å². The number of fused-ring (bicyclic) bond motifs is 3. The summed E-state index contributed by atoms with van der Waals surface area (Å²) in [5.41, 5.74) is 7.29. The predicted molar refractivity (Wildman–Crippen MR) is 192 cm³/mol. The monoisotopic (exact) mass is 667 g/mol. The molecule has 0 spiro atoms. The predicted octanol–water partition coefficient (Wildman–Crippen LogP) is 4.49. The number of para-hydroxylation sites is 1. The fourth-order valence-corrected chi connectivity index (χ4v) is 8.85. The largest absolute Gasteiger partial charge is 0.377 e. The molecule has 1 saturated carbocycles. The van der Waals surface area contributed by atoms with Gasteiger partial charge in [-0.3, -0.25) is 9.69 Å². The van der Waals surface area contributed by atoms with Crippen molar-refractivity contribution in [3.63, 3.8) is 0 Å². The van der Waals surface area contributed by atoms with Crippen LogP contribution in [-0.2, 0) is 30.5 Å². The van der Waals surface area contributed by atoms with Gasteiger partial charge in [-0.15, -0.1) is 0 Å². The number of anilines is 1. The second-order valence-electron chi connectivity index (χ2n) is 14.6. The van der Waals surface area contributed by atoms with Crippen LogP contribution in [0.4, 0.5) is 15.3 Å². The van der Waals surface area contributed by atoms with Gasteiger partial charge in [0, 0.05) is 83.1 Å². The quantitative estimate of drug-likeness (QED) is 0.433. The first-order valence-corrected chi connectivity index (χ1v) is 18.6. The number of aryl methyl sites for hydroxylation is 2. The SMILES string of the molecule is CCc1ccc(C[C@@H](NC(=O)N2CCC(N3CCc4ccccc4NC3=O)CC2)C(=O)N2CCN(C3CC4CC3=CN4C)CC2)cc1CC. The van der Waals surface area contributed by atoms with E-state index in [9.17, 15) is 14.4 Å². The normalized spacial score (nSPS) is 23.6. The molecule has 0 aromatic heterocycles. The molecule has 2 aromatic carbocycles. The third-order valence-corrected chi connectivity index (χ3v) is 11.8. The molecule has 2 N–H and O–H groups in total. The Morgan fingerprint density at radius 3 is 2.35 bits per heavy atom. The first-order valence-electron chi connectivity index (χ1n) is 18.6. The van der Waals surface area contributed by atoms with Crippen LogP contribution in [-0.4, -0.2) is 119 Å². The van der Waals surface area contributed by atoms with E-state index in [0.717, 1.165) is 49.2 Å². The Hall–Kier alpha value is -4.05. The van der Waals surface area contributed by atoms with Gasteiger partial charge < -0.3 is 30.2 Å². The van der Waals surface area contributed by atoms with E-state index in [1.807, 2.05) is 32.9 Å². The number of rotatable bonds is 8. The van der Waals surface area contributed by atoms with Crippen molar-refractivity contribution in [2.45, 2.75) is 89.4 Å². The van der Waals surface area contributed by atoms with Crippen molar-refractivity contribution in [3.8, 4) is 0 Å². The van der Waals surface area contributed by atoms with E-state index >= 15 is 0 Å². The van der Waals surface area contributed by atoms with Crippen LogP contribution >= 0.6 is 0 Å². The number of nitrogens with zero attached hydrogens (tertiary/aromatic N) is 5. The van der Waals surface area contributed by atoms with E-state index in [0.29, 0.717) is 64.1 Å². The van der Waals surface area contributed by atoms with Crippen molar-refractivity contribution < 1.29 is 14.4 Å². The van der Waals surface area contributed by atoms with Crippen LogP contribution < -0.4 is 10.6 Å². The number of piperidine rings is 1. The molecule has 4 aliphatic heterocycles. The topological polar surface area (TPSA) is 91.5 Å². The summed E-state index contributed by atoms with van der Waals surface area (Å²) >= 11 is 0. The van der Waals surface area contributed by atoms with E-state index < -0.39 is 6.04 Å². The summed E-state index contributed by atoms with van der Waals surface area (Å²) in [6.45, 7) is 9.18. The average Bonchev–Trinajstić information content (AvgIpc) is 3.66. The van der Waals surface area contributed by atoms with Crippen LogP contribution in [0.2, 0.25) is 0 Å². The number of benzene rings is 2. The Morgan fingerprint density at radius 2 is 1.65 bits per heavy atom. The van der Waals surface area contributed by atoms with E-state index in [1.165, 1.54) is 29.5 Å². The Bertz CT molecular complexity index is 1580. The lowest BCUT2D eigenvalue weighted by Gasteiger charge is -2.41. The van der Waals surface area contributed by atoms with E-state index in [4.69, 9.17) is 0 Å². The molecule has 2 unspecified atom stereocenters. The molecular weight excluding hydrogens is 614 g/mol. The van der Waals surface area contributed by atoms with Crippen molar-refractivity contribution in [2.75, 3.05) is 58.2 Å². The molecule has 262 valence electrons. The summed E-state index contributed by atoms with van der Waals surface area (Å²) in [4.78, 5) is 51.8. The van der Waals surface area contributed by atoms with Gasteiger partial charge in [0.05, 0.1) is 0 Å². The molecule has 10 heteroatoms. The van der Waals surface area contributed by atoms with Gasteiger partial charge in [0.2, 0.25) is 5.91 Å². The number of hydrogen-bond acceptors (Lipinski definition) is 5. The maximum atomic E-state index is 14.2. The van der Waals surface area contributed by atoms with Gasteiger partial charge in [-0.1, -0.05) is 50.2 Å². The lowest BCUT2D eigenvalue weighted by atomic mass is 9.96. The van der Waals surface area contributed by atoms with Crippen LogP contribution in [0.5, 0.6) is 0 Å². The Labute approximate surface area is 291 Å². The third-order valence-electron chi connectivity index (χ3n) is 11.8. The first-order chi connectivity index (χ1) is 23.8. The molecule has 3 atom stereocenters. The fourth-order valence-electron chi connectivity index (χ4n) is 8.85. The smallest absolute Gasteiger partial charge is 0.322 e. The maximum absolute atomic E-state index is 14.2. The lowest BCUT2D eigenvalue weighted by Crippen LogP contribution is -2.59. The standard InChI is InChI=1S/C39H53N7O3/c1-4-28-11-10-27(22-29(28)5-2)23-35(37(47)44-20-18-43(19-21-44)36-25-33-24-31(36)26-42(33)3)41-38(48)45-15-13-32(14-16-45)46-17-12-30-8-6-7-9-34(30)40-39(46)49/h6-11,22,26,32-33,35-36H,4-5,12-21,23-25H2,1-3H3,(H,40,49)(H,41,48)/t33?,35-,36?/m1/s1. The zero-order valence-corrected chi connectivity index (χ0v) is 29.5. The second-order valence-corrected chi connectivity index (χ2v) is 14.6. The minimum Gasteiger partial charge on any atom is -0.377 e. The highest BCUT2D eigenvalue weighted by Gasteiger charge is 2.41. The molecule has 4 heterocycles. The van der Waals surface area contributed by atoms with Crippen molar-refractivity contribution in [1.82, 2.24) is 29.8 Å². The summed E-state index contributed by atoms with van der Waals surface area (Å²) in [5.74, 6) is 0.00759. The molecule has 5 amide bonds. The van der Waals surface area contributed by atoms with Crippen LogP contribution in [0, 0.1) is 0 Å². The summed E-state index contributed by atoms with van der Waals surface area (Å²) in [6.07, 6.45) is 9.28. The number of piperazine rings is 1. The number of urea groups is 2. The van der Waals surface area contributed by atoms with Crippen LogP contribution in [0.1, 0.15) is 61.8 Å². The molecule has 2 bridgehead atoms. The molecular formula is C39H53N7O3. The second kappa shape index (κ2) is 14.4. The highest BCUT2D eigenvalue weighted by molar-refractivity contribution is 5.91. The fraction of sp³-hybridized carbons (Fsp3) is 0.564. The van der Waals surface area contributed by atoms with E-state index in [1.54, 1.807) is 0 Å². The van der Waals surface area contributed by atoms with Crippen molar-refractivity contribution in [3.05, 3.63) is 76.5 Å². The third kappa shape index (κ3) is 7.02. The summed E-state index contributed by atoms with van der Waals surface area (Å²) in [6, 6.07) is 14.8. The number of hydrogen-bond donors (Lipinski definition) is 2. The van der Waals surface area contributed by atoms with Crippen LogP contribution in [0.25, 0.3) is 0 Å². The molecule has 49 heavy (non-hydrogen) atoms. The van der Waals surface area contributed by atoms with Gasteiger partial charge in [-0.2, -0.15) is 0 Å². The molecule has 2 saturated heterocycles. The first kappa shape index (κ1) is 33.4. The molecule has 0 radical (unpaired) electrons. The van der Waals surface area contributed by atoms with Crippen molar-refractivity contribution >= 4 is 23.7 Å². The Balaban J connectivity index is 0.992. The minimum absolute atomic E-state index is 0.00759. The molecule has 1 aliphatic carbocycles. The van der Waals surface area contributed by atoms with E-state index in [2.05, 4.69) is 71.8 Å². The zero-order chi connectivity index (χ0) is 34.1. The molecule has 5 aliphatic rings. The molecule has 7 rings (SSSR count). The van der Waals surface area contributed by atoms with Gasteiger partial charge >= 0.3 is 12.1 Å². The number of carbonyl (C=O) groups excluding carboxylic acids is 3. The van der Waals surface area contributed by atoms with Gasteiger partial charge in [0.1, 0.15) is 6.04 Å². The summed E-state index contributed by atoms with van der Waals surface area (Å²) in [7, 11) is 2.17. The zero-order valence-electron chi connectivity index (χ0n) is 29.5. The highest BCUT2D eigenvalue weighted by atomic mass is 16.2. The van der Waals surface area contributed by atoms with Crippen molar-refractivity contribution in [2.24, 2.45) is 0 Å². The minimum atomic E-state index is -0.636. The molecule has 2 aromatic rings. The number of nitrogens with one attached hydrogen (secondary N) is 2.